The Kier molecular flexibility index (Phi) is 5.69. The predicted molar refractivity (Wildman–Crippen MR) is 58.2 cm³/mol. The third-order valence-corrected chi connectivity index (χ3v) is 1.33. The Hall–Kier alpha value is -1.24. The molecular weight excluding hydrogens is 160 g/mol. The van der Waals surface area contributed by atoms with E-state index < -0.39 is 0 Å². The highest BCUT2D eigenvalue weighted by Crippen LogP contribution is 2.05. The number of rotatable bonds is 4. The van der Waals surface area contributed by atoms with Gasteiger partial charge in [0.25, 0.3) is 0 Å². The SMILES string of the molecule is C=C/C=C(\C)O/C(C)=C/C=C(C)C. The van der Waals surface area contributed by atoms with E-state index in [2.05, 4.69) is 20.4 Å². The summed E-state index contributed by atoms with van der Waals surface area (Å²) in [4.78, 5) is 0. The first-order chi connectivity index (χ1) is 6.06. The zero-order valence-corrected chi connectivity index (χ0v) is 8.92. The molecule has 0 aliphatic rings. The van der Waals surface area contributed by atoms with E-state index in [9.17, 15) is 0 Å². The third kappa shape index (κ3) is 7.13. The third-order valence-electron chi connectivity index (χ3n) is 1.33. The fraction of sp³-hybridized carbons (Fsp3) is 0.333. The van der Waals surface area contributed by atoms with E-state index in [1.165, 1.54) is 5.57 Å². The zero-order valence-electron chi connectivity index (χ0n) is 8.92. The fourth-order valence-electron chi connectivity index (χ4n) is 0.772. The van der Waals surface area contributed by atoms with E-state index in [0.29, 0.717) is 0 Å². The number of ether oxygens (including phenoxy) is 1. The molecule has 13 heavy (non-hydrogen) atoms. The van der Waals surface area contributed by atoms with Crippen LogP contribution < -0.4 is 0 Å². The average molecular weight is 178 g/mol. The van der Waals surface area contributed by atoms with E-state index in [1.54, 1.807) is 6.08 Å². The molecule has 0 N–H and O–H groups in total. The van der Waals surface area contributed by atoms with E-state index in [0.717, 1.165) is 11.5 Å². The number of hydrogen-bond donors (Lipinski definition) is 0. The molecule has 0 saturated carbocycles. The molecule has 0 spiro atoms. The van der Waals surface area contributed by atoms with Gasteiger partial charge in [0.2, 0.25) is 0 Å². The molecule has 0 bridgehead atoms. The van der Waals surface area contributed by atoms with Gasteiger partial charge in [0.15, 0.2) is 0 Å². The first-order valence-electron chi connectivity index (χ1n) is 4.35. The highest BCUT2D eigenvalue weighted by molar-refractivity contribution is 5.13. The maximum atomic E-state index is 5.45. The van der Waals surface area contributed by atoms with Crippen LogP contribution in [0.15, 0.2) is 48.0 Å². The number of allylic oxidation sites excluding steroid dienone is 7. The van der Waals surface area contributed by atoms with E-state index in [-0.39, 0.29) is 0 Å². The molecule has 0 amide bonds. The van der Waals surface area contributed by atoms with Gasteiger partial charge in [0.1, 0.15) is 11.5 Å². The normalized spacial score (nSPS) is 12.3. The average Bonchev–Trinajstić information content (AvgIpc) is 2.01. The van der Waals surface area contributed by atoms with Crippen molar-refractivity contribution in [1.82, 2.24) is 0 Å². The lowest BCUT2D eigenvalue weighted by Crippen LogP contribution is -1.84. The quantitative estimate of drug-likeness (QED) is 0.467. The van der Waals surface area contributed by atoms with Crippen molar-refractivity contribution in [2.24, 2.45) is 0 Å². The molecule has 0 aromatic carbocycles. The lowest BCUT2D eigenvalue weighted by molar-refractivity contribution is 0.309. The van der Waals surface area contributed by atoms with Gasteiger partial charge in [-0.25, -0.2) is 0 Å². The minimum Gasteiger partial charge on any atom is -0.467 e. The van der Waals surface area contributed by atoms with Crippen molar-refractivity contribution >= 4 is 0 Å². The van der Waals surface area contributed by atoms with Gasteiger partial charge in [-0.15, -0.1) is 0 Å². The minimum atomic E-state index is 0.853. The van der Waals surface area contributed by atoms with Crippen LogP contribution in [0.1, 0.15) is 27.7 Å². The Balaban J connectivity index is 4.22. The van der Waals surface area contributed by atoms with Gasteiger partial charge >= 0.3 is 0 Å². The highest BCUT2D eigenvalue weighted by Gasteiger charge is 1.89. The Bertz CT molecular complexity index is 250. The van der Waals surface area contributed by atoms with Crippen LogP contribution in [0, 0.1) is 0 Å². The monoisotopic (exact) mass is 178 g/mol. The van der Waals surface area contributed by atoms with Crippen LogP contribution in [-0.4, -0.2) is 0 Å². The van der Waals surface area contributed by atoms with Crippen molar-refractivity contribution in [3.63, 3.8) is 0 Å². The Morgan fingerprint density at radius 2 is 1.46 bits per heavy atom. The second kappa shape index (κ2) is 6.30. The molecule has 72 valence electrons. The summed E-state index contributed by atoms with van der Waals surface area (Å²) in [6, 6.07) is 0. The number of hydrogen-bond acceptors (Lipinski definition) is 1. The molecule has 0 radical (unpaired) electrons. The van der Waals surface area contributed by atoms with Gasteiger partial charge in [-0.05, 0) is 39.8 Å². The van der Waals surface area contributed by atoms with Gasteiger partial charge in [0.05, 0.1) is 0 Å². The summed E-state index contributed by atoms with van der Waals surface area (Å²) in [5.74, 6) is 1.74. The standard InChI is InChI=1S/C12H18O/c1-6-7-11(4)13-12(5)9-8-10(2)3/h6-9H,1H2,2-5H3/b11-7+,12-9+. The smallest absolute Gasteiger partial charge is 0.100 e. The van der Waals surface area contributed by atoms with Gasteiger partial charge < -0.3 is 4.74 Å². The first kappa shape index (κ1) is 11.8. The fourth-order valence-corrected chi connectivity index (χ4v) is 0.772. The molecule has 0 rings (SSSR count). The largest absolute Gasteiger partial charge is 0.467 e. The van der Waals surface area contributed by atoms with Crippen molar-refractivity contribution in [2.75, 3.05) is 0 Å². The maximum absolute atomic E-state index is 5.45. The van der Waals surface area contributed by atoms with Gasteiger partial charge in [-0.1, -0.05) is 24.3 Å². The highest BCUT2D eigenvalue weighted by atomic mass is 16.5. The Labute approximate surface area is 81.1 Å². The summed E-state index contributed by atoms with van der Waals surface area (Å²) in [5.41, 5.74) is 1.26. The summed E-state index contributed by atoms with van der Waals surface area (Å²) >= 11 is 0. The minimum absolute atomic E-state index is 0.853. The van der Waals surface area contributed by atoms with Crippen molar-refractivity contribution in [2.45, 2.75) is 27.7 Å². The molecule has 0 heterocycles. The summed E-state index contributed by atoms with van der Waals surface area (Å²) in [7, 11) is 0. The van der Waals surface area contributed by atoms with Crippen LogP contribution >= 0.6 is 0 Å². The van der Waals surface area contributed by atoms with Crippen LogP contribution in [0.3, 0.4) is 0 Å². The second-order valence-electron chi connectivity index (χ2n) is 3.14. The Morgan fingerprint density at radius 1 is 0.923 bits per heavy atom. The summed E-state index contributed by atoms with van der Waals surface area (Å²) < 4.78 is 5.45. The van der Waals surface area contributed by atoms with Crippen molar-refractivity contribution in [3.8, 4) is 0 Å². The summed E-state index contributed by atoms with van der Waals surface area (Å²) in [5, 5.41) is 0. The molecule has 1 heteroatoms. The van der Waals surface area contributed by atoms with E-state index in [4.69, 9.17) is 4.74 Å². The van der Waals surface area contributed by atoms with Crippen LogP contribution in [-0.2, 0) is 4.74 Å². The van der Waals surface area contributed by atoms with E-state index in [1.807, 2.05) is 32.1 Å². The van der Waals surface area contributed by atoms with Crippen LogP contribution in [0.2, 0.25) is 0 Å². The van der Waals surface area contributed by atoms with Gasteiger partial charge in [-0.3, -0.25) is 0 Å². The molecule has 0 unspecified atom stereocenters. The molecule has 0 fully saturated rings. The van der Waals surface area contributed by atoms with Gasteiger partial charge in [-0.2, -0.15) is 0 Å². The Morgan fingerprint density at radius 3 is 1.92 bits per heavy atom. The van der Waals surface area contributed by atoms with Crippen molar-refractivity contribution < 1.29 is 4.74 Å². The molecule has 0 aromatic heterocycles. The van der Waals surface area contributed by atoms with Gasteiger partial charge in [0, 0.05) is 0 Å². The van der Waals surface area contributed by atoms with Crippen LogP contribution in [0.5, 0.6) is 0 Å². The van der Waals surface area contributed by atoms with Crippen LogP contribution in [0.25, 0.3) is 0 Å². The molecule has 1 nitrogen and oxygen atoms in total. The van der Waals surface area contributed by atoms with E-state index >= 15 is 0 Å². The van der Waals surface area contributed by atoms with Crippen molar-refractivity contribution in [3.05, 3.63) is 48.0 Å². The molecule has 0 aliphatic heterocycles. The van der Waals surface area contributed by atoms with Crippen LogP contribution in [0.4, 0.5) is 0 Å². The molecule has 0 aromatic rings. The summed E-state index contributed by atoms with van der Waals surface area (Å²) in [6.45, 7) is 11.5. The maximum Gasteiger partial charge on any atom is 0.100 e. The molecule has 0 saturated heterocycles. The lowest BCUT2D eigenvalue weighted by atomic mass is 10.3. The zero-order chi connectivity index (χ0) is 10.3. The molecule has 0 aliphatic carbocycles. The predicted octanol–water partition coefficient (Wildman–Crippen LogP) is 3.96. The molecule has 0 atom stereocenters. The van der Waals surface area contributed by atoms with Crippen molar-refractivity contribution in [1.29, 1.82) is 0 Å². The second-order valence-corrected chi connectivity index (χ2v) is 3.14. The molecular formula is C12H18O. The topological polar surface area (TPSA) is 9.23 Å². The summed E-state index contributed by atoms with van der Waals surface area (Å²) in [6.07, 6.45) is 7.52. The first-order valence-corrected chi connectivity index (χ1v) is 4.35. The lowest BCUT2D eigenvalue weighted by Gasteiger charge is -2.03.